The molecule has 1 aromatic carbocycles. The predicted molar refractivity (Wildman–Crippen MR) is 86.2 cm³/mol. The fraction of sp³-hybridized carbons (Fsp3) is 0.333. The summed E-state index contributed by atoms with van der Waals surface area (Å²) in [5.41, 5.74) is 2.93. The quantitative estimate of drug-likeness (QED) is 0.943. The van der Waals surface area contributed by atoms with Crippen molar-refractivity contribution in [1.29, 1.82) is 0 Å². The summed E-state index contributed by atoms with van der Waals surface area (Å²) in [5, 5.41) is 2.88. The average molecular weight is 313 g/mol. The van der Waals surface area contributed by atoms with Crippen LogP contribution in [0.5, 0.6) is 0 Å². The third kappa shape index (κ3) is 3.56. The summed E-state index contributed by atoms with van der Waals surface area (Å²) in [6, 6.07) is 9.80. The van der Waals surface area contributed by atoms with Crippen molar-refractivity contribution in [3.8, 4) is 0 Å². The van der Waals surface area contributed by atoms with E-state index in [0.717, 1.165) is 24.2 Å². The Morgan fingerprint density at radius 2 is 2.04 bits per heavy atom. The fourth-order valence-corrected chi connectivity index (χ4v) is 2.86. The smallest absolute Gasteiger partial charge is 0.242 e. The van der Waals surface area contributed by atoms with Gasteiger partial charge >= 0.3 is 0 Å². The zero-order valence-electron chi connectivity index (χ0n) is 13.1. The number of nitrogens with one attached hydrogen (secondary N) is 1. The molecule has 1 N–H and O–H groups in total. The number of aryl methyl sites for hydroxylation is 1. The van der Waals surface area contributed by atoms with Crippen LogP contribution in [0.15, 0.2) is 42.6 Å². The third-order valence-electron chi connectivity index (χ3n) is 4.16. The second kappa shape index (κ2) is 6.87. The van der Waals surface area contributed by atoms with Crippen molar-refractivity contribution < 1.29 is 9.18 Å². The van der Waals surface area contributed by atoms with Crippen LogP contribution in [0.1, 0.15) is 29.8 Å². The highest BCUT2D eigenvalue weighted by Crippen LogP contribution is 2.25. The SMILES string of the molecule is CCc1ccc(CN2CCNC(=O)C2c2ccc(F)cc2)nc1. The molecule has 3 rings (SSSR count). The Labute approximate surface area is 135 Å². The predicted octanol–water partition coefficient (Wildman–Crippen LogP) is 2.46. The van der Waals surface area contributed by atoms with Crippen LogP contribution >= 0.6 is 0 Å². The van der Waals surface area contributed by atoms with E-state index >= 15 is 0 Å². The van der Waals surface area contributed by atoms with E-state index in [1.165, 1.54) is 17.7 Å². The van der Waals surface area contributed by atoms with Crippen LogP contribution in [0, 0.1) is 5.82 Å². The Bertz CT molecular complexity index is 670. The number of carbonyl (C=O) groups excluding carboxylic acids is 1. The Kier molecular flexibility index (Phi) is 4.67. The maximum absolute atomic E-state index is 13.1. The van der Waals surface area contributed by atoms with E-state index in [1.807, 2.05) is 12.3 Å². The minimum atomic E-state index is -0.406. The van der Waals surface area contributed by atoms with Crippen LogP contribution in [-0.4, -0.2) is 28.9 Å². The molecular weight excluding hydrogens is 293 g/mol. The first-order valence-corrected chi connectivity index (χ1v) is 7.88. The van der Waals surface area contributed by atoms with E-state index in [9.17, 15) is 9.18 Å². The molecule has 1 aliphatic heterocycles. The van der Waals surface area contributed by atoms with E-state index in [2.05, 4.69) is 28.2 Å². The number of benzene rings is 1. The molecule has 0 radical (unpaired) electrons. The summed E-state index contributed by atoms with van der Waals surface area (Å²) in [6.07, 6.45) is 2.84. The van der Waals surface area contributed by atoms with Crippen molar-refractivity contribution in [2.45, 2.75) is 25.9 Å². The van der Waals surface area contributed by atoms with Crippen LogP contribution in [0.4, 0.5) is 4.39 Å². The molecule has 1 fully saturated rings. The van der Waals surface area contributed by atoms with Gasteiger partial charge in [0.25, 0.3) is 0 Å². The second-order valence-electron chi connectivity index (χ2n) is 5.73. The summed E-state index contributed by atoms with van der Waals surface area (Å²) in [6.45, 7) is 4.05. The van der Waals surface area contributed by atoms with Gasteiger partial charge in [-0.2, -0.15) is 0 Å². The Hall–Kier alpha value is -2.27. The summed E-state index contributed by atoms with van der Waals surface area (Å²) >= 11 is 0. The highest BCUT2D eigenvalue weighted by Gasteiger charge is 2.31. The molecule has 120 valence electrons. The van der Waals surface area contributed by atoms with Crippen molar-refractivity contribution in [1.82, 2.24) is 15.2 Å². The zero-order chi connectivity index (χ0) is 16.2. The lowest BCUT2D eigenvalue weighted by Crippen LogP contribution is -2.49. The molecule has 0 aliphatic carbocycles. The van der Waals surface area contributed by atoms with E-state index in [4.69, 9.17) is 0 Å². The molecule has 2 aromatic rings. The van der Waals surface area contributed by atoms with Gasteiger partial charge in [0.2, 0.25) is 5.91 Å². The standard InChI is InChI=1S/C18H20FN3O/c1-2-13-3-8-16(21-11-13)12-22-10-9-20-18(23)17(22)14-4-6-15(19)7-5-14/h3-8,11,17H,2,9-10,12H2,1H3,(H,20,23). The minimum absolute atomic E-state index is 0.0481. The molecule has 0 bridgehead atoms. The summed E-state index contributed by atoms with van der Waals surface area (Å²) in [7, 11) is 0. The fourth-order valence-electron chi connectivity index (χ4n) is 2.86. The number of amides is 1. The van der Waals surface area contributed by atoms with E-state index in [1.54, 1.807) is 12.1 Å². The number of nitrogens with zero attached hydrogens (tertiary/aromatic N) is 2. The topological polar surface area (TPSA) is 45.2 Å². The molecule has 1 aromatic heterocycles. The van der Waals surface area contributed by atoms with Gasteiger partial charge in [0.15, 0.2) is 0 Å². The maximum atomic E-state index is 13.1. The van der Waals surface area contributed by atoms with Gasteiger partial charge in [0, 0.05) is 25.8 Å². The molecule has 5 heteroatoms. The van der Waals surface area contributed by atoms with Crippen LogP contribution in [0.3, 0.4) is 0 Å². The van der Waals surface area contributed by atoms with Gasteiger partial charge in [-0.25, -0.2) is 4.39 Å². The first-order valence-electron chi connectivity index (χ1n) is 7.88. The first kappa shape index (κ1) is 15.6. The number of hydrogen-bond acceptors (Lipinski definition) is 3. The molecular formula is C18H20FN3O. The van der Waals surface area contributed by atoms with Crippen LogP contribution < -0.4 is 5.32 Å². The van der Waals surface area contributed by atoms with Gasteiger partial charge in [0.1, 0.15) is 11.9 Å². The van der Waals surface area contributed by atoms with Crippen molar-refractivity contribution in [2.75, 3.05) is 13.1 Å². The number of carbonyl (C=O) groups is 1. The molecule has 2 heterocycles. The Morgan fingerprint density at radius 1 is 1.26 bits per heavy atom. The minimum Gasteiger partial charge on any atom is -0.353 e. The highest BCUT2D eigenvalue weighted by molar-refractivity contribution is 5.83. The van der Waals surface area contributed by atoms with Gasteiger partial charge in [-0.1, -0.05) is 25.1 Å². The number of aromatic nitrogens is 1. The molecule has 1 atom stereocenters. The first-order chi connectivity index (χ1) is 11.2. The van der Waals surface area contributed by atoms with Gasteiger partial charge in [-0.3, -0.25) is 14.7 Å². The molecule has 23 heavy (non-hydrogen) atoms. The number of rotatable bonds is 4. The zero-order valence-corrected chi connectivity index (χ0v) is 13.1. The van der Waals surface area contributed by atoms with Gasteiger partial charge in [0.05, 0.1) is 5.69 Å². The lowest BCUT2D eigenvalue weighted by Gasteiger charge is -2.35. The molecule has 4 nitrogen and oxygen atoms in total. The van der Waals surface area contributed by atoms with Gasteiger partial charge < -0.3 is 5.32 Å². The lowest BCUT2D eigenvalue weighted by molar-refractivity contribution is -0.129. The van der Waals surface area contributed by atoms with Crippen molar-refractivity contribution in [3.63, 3.8) is 0 Å². The summed E-state index contributed by atoms with van der Waals surface area (Å²) in [4.78, 5) is 18.9. The molecule has 1 amide bonds. The molecule has 0 spiro atoms. The molecule has 1 unspecified atom stereocenters. The van der Waals surface area contributed by atoms with Gasteiger partial charge in [-0.05, 0) is 35.7 Å². The number of halogens is 1. The third-order valence-corrected chi connectivity index (χ3v) is 4.16. The molecule has 1 aliphatic rings. The number of piperazine rings is 1. The lowest BCUT2D eigenvalue weighted by atomic mass is 10.0. The van der Waals surface area contributed by atoms with Crippen molar-refractivity contribution >= 4 is 5.91 Å². The maximum Gasteiger partial charge on any atom is 0.242 e. The van der Waals surface area contributed by atoms with E-state index < -0.39 is 6.04 Å². The second-order valence-corrected chi connectivity index (χ2v) is 5.73. The highest BCUT2D eigenvalue weighted by atomic mass is 19.1. The average Bonchev–Trinajstić information content (AvgIpc) is 2.57. The summed E-state index contributed by atoms with van der Waals surface area (Å²) in [5.74, 6) is -0.346. The molecule has 1 saturated heterocycles. The van der Waals surface area contributed by atoms with Crippen LogP contribution in [-0.2, 0) is 17.8 Å². The Balaban J connectivity index is 1.82. The number of hydrogen-bond donors (Lipinski definition) is 1. The van der Waals surface area contributed by atoms with E-state index in [0.29, 0.717) is 13.1 Å². The normalized spacial score (nSPS) is 18.7. The monoisotopic (exact) mass is 313 g/mol. The van der Waals surface area contributed by atoms with E-state index in [-0.39, 0.29) is 11.7 Å². The summed E-state index contributed by atoms with van der Waals surface area (Å²) < 4.78 is 13.1. The van der Waals surface area contributed by atoms with Crippen molar-refractivity contribution in [2.24, 2.45) is 0 Å². The largest absolute Gasteiger partial charge is 0.353 e. The van der Waals surface area contributed by atoms with Crippen molar-refractivity contribution in [3.05, 3.63) is 65.2 Å². The number of pyridine rings is 1. The Morgan fingerprint density at radius 3 is 2.70 bits per heavy atom. The van der Waals surface area contributed by atoms with Gasteiger partial charge in [-0.15, -0.1) is 0 Å². The molecule has 0 saturated carbocycles. The van der Waals surface area contributed by atoms with Crippen LogP contribution in [0.25, 0.3) is 0 Å². The van der Waals surface area contributed by atoms with Crippen LogP contribution in [0.2, 0.25) is 0 Å².